The van der Waals surface area contributed by atoms with Crippen LogP contribution in [0.4, 0.5) is 10.1 Å². The maximum atomic E-state index is 14.2. The van der Waals surface area contributed by atoms with Gasteiger partial charge in [-0.05, 0) is 55.5 Å². The summed E-state index contributed by atoms with van der Waals surface area (Å²) in [6.45, 7) is 1.89. The molecule has 182 valence electrons. The van der Waals surface area contributed by atoms with Crippen LogP contribution in [0.2, 0.25) is 0 Å². The Morgan fingerprint density at radius 2 is 1.79 bits per heavy atom. The first kappa shape index (κ1) is 25.4. The van der Waals surface area contributed by atoms with Crippen LogP contribution < -0.4 is 10.2 Å². The molecule has 0 spiro atoms. The molecule has 2 aromatic carbocycles. The zero-order valence-corrected chi connectivity index (χ0v) is 19.9. The molecule has 1 fully saturated rings. The van der Waals surface area contributed by atoms with Gasteiger partial charge in [0, 0.05) is 24.6 Å². The number of hydrogen-bond acceptors (Lipinski definition) is 4. The summed E-state index contributed by atoms with van der Waals surface area (Å²) in [5, 5.41) is 3.15. The van der Waals surface area contributed by atoms with Gasteiger partial charge < -0.3 is 10.1 Å². The number of aryl methyl sites for hydroxylation is 1. The van der Waals surface area contributed by atoms with Crippen molar-refractivity contribution in [3.8, 4) is 0 Å². The predicted molar refractivity (Wildman–Crippen MR) is 129 cm³/mol. The molecule has 34 heavy (non-hydrogen) atoms. The minimum Gasteiger partial charge on any atom is -0.469 e. The second kappa shape index (κ2) is 12.3. The molecular weight excluding hydrogens is 435 g/mol. The standard InChI is InChI=1S/C27H33FN2O4/c1-19-10-6-7-15-23(19)26(27(33)29-21-12-4-3-5-13-21)30(22-14-8-11-20(28)18-22)24(31)16-9-17-25(32)34-2/h6-8,10-11,14-15,18,21,26H,3-5,9,12-13,16-17H2,1-2H3,(H,29,33). The van der Waals surface area contributed by atoms with Crippen molar-refractivity contribution in [2.24, 2.45) is 0 Å². The highest BCUT2D eigenvalue weighted by Gasteiger charge is 2.34. The molecule has 1 N–H and O–H groups in total. The van der Waals surface area contributed by atoms with Crippen molar-refractivity contribution in [2.45, 2.75) is 70.4 Å². The number of carbonyl (C=O) groups excluding carboxylic acids is 3. The van der Waals surface area contributed by atoms with Gasteiger partial charge in [-0.3, -0.25) is 19.3 Å². The number of esters is 1. The van der Waals surface area contributed by atoms with Crippen molar-refractivity contribution >= 4 is 23.5 Å². The monoisotopic (exact) mass is 468 g/mol. The first-order valence-electron chi connectivity index (χ1n) is 11.9. The zero-order valence-electron chi connectivity index (χ0n) is 19.9. The molecule has 1 aliphatic carbocycles. The summed E-state index contributed by atoms with van der Waals surface area (Å²) in [6.07, 6.45) is 5.44. The van der Waals surface area contributed by atoms with Gasteiger partial charge in [0.05, 0.1) is 7.11 Å². The smallest absolute Gasteiger partial charge is 0.305 e. The summed E-state index contributed by atoms with van der Waals surface area (Å²) in [5.74, 6) is -1.55. The highest BCUT2D eigenvalue weighted by molar-refractivity contribution is 6.01. The number of hydrogen-bond donors (Lipinski definition) is 1. The van der Waals surface area contributed by atoms with Crippen molar-refractivity contribution in [1.29, 1.82) is 0 Å². The third-order valence-corrected chi connectivity index (χ3v) is 6.30. The molecular formula is C27H33FN2O4. The predicted octanol–water partition coefficient (Wildman–Crippen LogP) is 5.00. The van der Waals surface area contributed by atoms with Crippen molar-refractivity contribution in [1.82, 2.24) is 5.32 Å². The second-order valence-corrected chi connectivity index (χ2v) is 8.78. The van der Waals surface area contributed by atoms with Crippen molar-refractivity contribution < 1.29 is 23.5 Å². The second-order valence-electron chi connectivity index (χ2n) is 8.78. The van der Waals surface area contributed by atoms with E-state index in [0.29, 0.717) is 11.3 Å². The average molecular weight is 469 g/mol. The van der Waals surface area contributed by atoms with E-state index in [-0.39, 0.29) is 37.1 Å². The molecule has 2 amide bonds. The quantitative estimate of drug-likeness (QED) is 0.526. The number of amides is 2. The lowest BCUT2D eigenvalue weighted by Crippen LogP contribution is -2.47. The zero-order chi connectivity index (χ0) is 24.5. The maximum Gasteiger partial charge on any atom is 0.305 e. The molecule has 1 unspecified atom stereocenters. The summed E-state index contributed by atoms with van der Waals surface area (Å²) in [4.78, 5) is 40.2. The van der Waals surface area contributed by atoms with Crippen LogP contribution in [0, 0.1) is 12.7 Å². The van der Waals surface area contributed by atoms with Crippen molar-refractivity contribution in [3.63, 3.8) is 0 Å². The Morgan fingerprint density at radius 1 is 1.06 bits per heavy atom. The highest BCUT2D eigenvalue weighted by Crippen LogP contribution is 2.32. The fourth-order valence-electron chi connectivity index (χ4n) is 4.49. The summed E-state index contributed by atoms with van der Waals surface area (Å²) in [6, 6.07) is 12.2. The van der Waals surface area contributed by atoms with Crippen LogP contribution in [-0.2, 0) is 19.1 Å². The van der Waals surface area contributed by atoms with E-state index in [1.165, 1.54) is 30.2 Å². The van der Waals surface area contributed by atoms with Gasteiger partial charge in [-0.15, -0.1) is 0 Å². The summed E-state index contributed by atoms with van der Waals surface area (Å²) < 4.78 is 18.9. The first-order chi connectivity index (χ1) is 16.4. The average Bonchev–Trinajstić information content (AvgIpc) is 2.83. The molecule has 1 saturated carbocycles. The lowest BCUT2D eigenvalue weighted by molar-refractivity contribution is -0.140. The van der Waals surface area contributed by atoms with Gasteiger partial charge in [-0.25, -0.2) is 4.39 Å². The van der Waals surface area contributed by atoms with Crippen LogP contribution in [-0.4, -0.2) is 30.9 Å². The summed E-state index contributed by atoms with van der Waals surface area (Å²) in [5.41, 5.74) is 1.84. The number of anilines is 1. The van der Waals surface area contributed by atoms with E-state index in [1.54, 1.807) is 6.07 Å². The van der Waals surface area contributed by atoms with Crippen molar-refractivity contribution in [2.75, 3.05) is 12.0 Å². The largest absolute Gasteiger partial charge is 0.469 e. The minimum atomic E-state index is -0.962. The minimum absolute atomic E-state index is 0.0186. The van der Waals surface area contributed by atoms with Crippen LogP contribution >= 0.6 is 0 Å². The van der Waals surface area contributed by atoms with E-state index in [4.69, 9.17) is 0 Å². The number of nitrogens with zero attached hydrogens (tertiary/aromatic N) is 1. The number of ether oxygens (including phenoxy) is 1. The number of rotatable bonds is 9. The van der Waals surface area contributed by atoms with Crippen LogP contribution in [0.15, 0.2) is 48.5 Å². The lowest BCUT2D eigenvalue weighted by atomic mass is 9.93. The van der Waals surface area contributed by atoms with E-state index in [1.807, 2.05) is 31.2 Å². The number of benzene rings is 2. The van der Waals surface area contributed by atoms with E-state index >= 15 is 0 Å². The Kier molecular flexibility index (Phi) is 9.19. The number of methoxy groups -OCH3 is 1. The van der Waals surface area contributed by atoms with Gasteiger partial charge in [0.2, 0.25) is 11.8 Å². The summed E-state index contributed by atoms with van der Waals surface area (Å²) in [7, 11) is 1.30. The van der Waals surface area contributed by atoms with Crippen LogP contribution in [0.5, 0.6) is 0 Å². The molecule has 0 saturated heterocycles. The van der Waals surface area contributed by atoms with Gasteiger partial charge in [-0.1, -0.05) is 49.6 Å². The molecule has 7 heteroatoms. The molecule has 0 heterocycles. The van der Waals surface area contributed by atoms with Gasteiger partial charge in [0.1, 0.15) is 11.9 Å². The van der Waals surface area contributed by atoms with E-state index in [0.717, 1.165) is 37.7 Å². The van der Waals surface area contributed by atoms with E-state index in [2.05, 4.69) is 10.1 Å². The first-order valence-corrected chi connectivity index (χ1v) is 11.9. The van der Waals surface area contributed by atoms with Gasteiger partial charge in [-0.2, -0.15) is 0 Å². The number of carbonyl (C=O) groups is 3. The molecule has 6 nitrogen and oxygen atoms in total. The SMILES string of the molecule is COC(=O)CCCC(=O)N(c1cccc(F)c1)C(C(=O)NC1CCCCC1)c1ccccc1C. The fraction of sp³-hybridized carbons (Fsp3) is 0.444. The van der Waals surface area contributed by atoms with Crippen LogP contribution in [0.3, 0.4) is 0 Å². The summed E-state index contributed by atoms with van der Waals surface area (Å²) >= 11 is 0. The Balaban J connectivity index is 1.99. The fourth-order valence-corrected chi connectivity index (χ4v) is 4.49. The Morgan fingerprint density at radius 3 is 2.47 bits per heavy atom. The van der Waals surface area contributed by atoms with Crippen LogP contribution in [0.25, 0.3) is 0 Å². The Labute approximate surface area is 200 Å². The topological polar surface area (TPSA) is 75.7 Å². The van der Waals surface area contributed by atoms with Gasteiger partial charge in [0.15, 0.2) is 0 Å². The molecule has 3 rings (SSSR count). The molecule has 0 radical (unpaired) electrons. The molecule has 0 aliphatic heterocycles. The van der Waals surface area contributed by atoms with Crippen molar-refractivity contribution in [3.05, 3.63) is 65.5 Å². The lowest BCUT2D eigenvalue weighted by Gasteiger charge is -2.34. The van der Waals surface area contributed by atoms with E-state index < -0.39 is 17.8 Å². The molecule has 1 atom stereocenters. The van der Waals surface area contributed by atoms with Crippen LogP contribution in [0.1, 0.15) is 68.5 Å². The molecule has 1 aliphatic rings. The Bertz CT molecular complexity index is 1000. The third-order valence-electron chi connectivity index (χ3n) is 6.30. The third kappa shape index (κ3) is 6.65. The number of halogens is 1. The highest BCUT2D eigenvalue weighted by atomic mass is 19.1. The van der Waals surface area contributed by atoms with E-state index in [9.17, 15) is 18.8 Å². The molecule has 2 aromatic rings. The maximum absolute atomic E-state index is 14.2. The molecule has 0 aromatic heterocycles. The van der Waals surface area contributed by atoms with Gasteiger partial charge >= 0.3 is 5.97 Å². The Hall–Kier alpha value is -3.22. The number of nitrogens with one attached hydrogen (secondary N) is 1. The normalized spacial score (nSPS) is 14.8. The van der Waals surface area contributed by atoms with Gasteiger partial charge in [0.25, 0.3) is 0 Å². The molecule has 0 bridgehead atoms.